The Hall–Kier alpha value is -2.56. The number of carbonyl (C=O) groups is 2. The number of amides is 2. The van der Waals surface area contributed by atoms with Crippen LogP contribution in [0.15, 0.2) is 53.4 Å². The molecule has 1 unspecified atom stereocenters. The van der Waals surface area contributed by atoms with Crippen LogP contribution in [0.3, 0.4) is 0 Å². The number of nitrogens with one attached hydrogen (secondary N) is 3. The van der Waals surface area contributed by atoms with Gasteiger partial charge >= 0.3 is 0 Å². The number of benzene rings is 2. The molecule has 0 aromatic heterocycles. The van der Waals surface area contributed by atoms with Gasteiger partial charge in [-0.25, -0.2) is 8.42 Å². The lowest BCUT2D eigenvalue weighted by Crippen LogP contribution is -2.53. The Morgan fingerprint density at radius 3 is 2.45 bits per heavy atom. The highest BCUT2D eigenvalue weighted by molar-refractivity contribution is 7.98. The Balaban J connectivity index is 1.94. The summed E-state index contributed by atoms with van der Waals surface area (Å²) in [4.78, 5) is 24.7. The normalized spacial score (nSPS) is 12.1. The number of sulfonamides is 1. The van der Waals surface area contributed by atoms with Crippen molar-refractivity contribution in [3.8, 4) is 5.75 Å². The van der Waals surface area contributed by atoms with Gasteiger partial charge in [-0.3, -0.25) is 20.4 Å². The summed E-state index contributed by atoms with van der Waals surface area (Å²) in [5.74, 6) is -0.0913. The highest BCUT2D eigenvalue weighted by Crippen LogP contribution is 2.18. The van der Waals surface area contributed by atoms with Crippen molar-refractivity contribution in [3.05, 3.63) is 59.7 Å². The summed E-state index contributed by atoms with van der Waals surface area (Å²) >= 11 is 1.48. The smallest absolute Gasteiger partial charge is 0.276 e. The van der Waals surface area contributed by atoms with E-state index in [4.69, 9.17) is 4.74 Å². The van der Waals surface area contributed by atoms with E-state index in [0.29, 0.717) is 11.5 Å². The van der Waals surface area contributed by atoms with Gasteiger partial charge in [-0.2, -0.15) is 16.5 Å². The second kappa shape index (κ2) is 11.7. The second-order valence-corrected chi connectivity index (χ2v) is 9.56. The van der Waals surface area contributed by atoms with Gasteiger partial charge in [-0.1, -0.05) is 30.3 Å². The molecule has 1 atom stereocenters. The van der Waals surface area contributed by atoms with Gasteiger partial charge in [0.2, 0.25) is 10.0 Å². The minimum absolute atomic E-state index is 0.0583. The molecule has 0 saturated carbocycles. The van der Waals surface area contributed by atoms with Crippen molar-refractivity contribution in [1.29, 1.82) is 0 Å². The van der Waals surface area contributed by atoms with Gasteiger partial charge in [0.05, 0.1) is 4.90 Å². The summed E-state index contributed by atoms with van der Waals surface area (Å²) in [5.41, 5.74) is 6.42. The van der Waals surface area contributed by atoms with E-state index in [1.807, 2.05) is 38.3 Å². The highest BCUT2D eigenvalue weighted by atomic mass is 32.2. The predicted molar refractivity (Wildman–Crippen MR) is 121 cm³/mol. The van der Waals surface area contributed by atoms with Crippen LogP contribution in [0.4, 0.5) is 0 Å². The quantitative estimate of drug-likeness (QED) is 0.462. The van der Waals surface area contributed by atoms with E-state index in [9.17, 15) is 18.0 Å². The summed E-state index contributed by atoms with van der Waals surface area (Å²) < 4.78 is 33.0. The first-order valence-corrected chi connectivity index (χ1v) is 12.5. The minimum atomic E-state index is -3.89. The van der Waals surface area contributed by atoms with Crippen molar-refractivity contribution in [2.24, 2.45) is 0 Å². The zero-order valence-corrected chi connectivity index (χ0v) is 19.3. The highest BCUT2D eigenvalue weighted by Gasteiger charge is 2.25. The lowest BCUT2D eigenvalue weighted by atomic mass is 10.1. The summed E-state index contributed by atoms with van der Waals surface area (Å²) in [7, 11) is -3.89. The van der Waals surface area contributed by atoms with Crippen LogP contribution in [0.25, 0.3) is 0 Å². The minimum Gasteiger partial charge on any atom is -0.483 e. The van der Waals surface area contributed by atoms with Crippen molar-refractivity contribution >= 4 is 33.6 Å². The predicted octanol–water partition coefficient (Wildman–Crippen LogP) is 1.93. The van der Waals surface area contributed by atoms with Crippen LogP contribution < -0.4 is 20.3 Å². The van der Waals surface area contributed by atoms with E-state index in [0.717, 1.165) is 11.1 Å². The molecule has 0 spiro atoms. The molecule has 0 radical (unpaired) electrons. The van der Waals surface area contributed by atoms with Crippen LogP contribution in [0.2, 0.25) is 0 Å². The fourth-order valence-corrected chi connectivity index (χ4v) is 4.32. The number of aryl methyl sites for hydroxylation is 2. The van der Waals surface area contributed by atoms with Crippen LogP contribution >= 0.6 is 11.8 Å². The number of rotatable bonds is 10. The molecular weight excluding hydrogens is 438 g/mol. The summed E-state index contributed by atoms with van der Waals surface area (Å²) in [6.45, 7) is 3.48. The van der Waals surface area contributed by atoms with Crippen molar-refractivity contribution in [2.75, 3.05) is 18.6 Å². The van der Waals surface area contributed by atoms with Crippen molar-refractivity contribution in [1.82, 2.24) is 15.6 Å². The molecule has 2 amide bonds. The summed E-state index contributed by atoms with van der Waals surface area (Å²) in [6.07, 6.45) is 2.11. The van der Waals surface area contributed by atoms with Crippen molar-refractivity contribution in [2.45, 2.75) is 31.2 Å². The van der Waals surface area contributed by atoms with E-state index in [-0.39, 0.29) is 17.9 Å². The number of ether oxygens (including phenoxy) is 1. The zero-order valence-electron chi connectivity index (χ0n) is 17.7. The Morgan fingerprint density at radius 2 is 1.77 bits per heavy atom. The standard InChI is InChI=1S/C21H27N3O5S2/c1-15-9-10-16(2)19(13-15)29-14-20(25)22-23-21(26)18(11-12-30-3)24-31(27,28)17-7-5-4-6-8-17/h4-10,13,18,24H,11-12,14H2,1-3H3,(H,22,25)(H,23,26). The average molecular weight is 466 g/mol. The molecule has 31 heavy (non-hydrogen) atoms. The maximum Gasteiger partial charge on any atom is 0.276 e. The van der Waals surface area contributed by atoms with E-state index in [1.165, 1.54) is 23.9 Å². The number of thioether (sulfide) groups is 1. The van der Waals surface area contributed by atoms with Gasteiger partial charge < -0.3 is 4.74 Å². The third-order valence-corrected chi connectivity index (χ3v) is 6.44. The van der Waals surface area contributed by atoms with Gasteiger partial charge in [-0.15, -0.1) is 0 Å². The Bertz CT molecular complexity index is 997. The fraction of sp³-hybridized carbons (Fsp3) is 0.333. The molecule has 8 nitrogen and oxygen atoms in total. The molecule has 3 N–H and O–H groups in total. The first-order valence-electron chi connectivity index (χ1n) is 9.58. The van der Waals surface area contributed by atoms with Crippen LogP contribution in [0, 0.1) is 13.8 Å². The van der Waals surface area contributed by atoms with Gasteiger partial charge in [0.1, 0.15) is 11.8 Å². The van der Waals surface area contributed by atoms with E-state index < -0.39 is 27.9 Å². The van der Waals surface area contributed by atoms with Gasteiger partial charge in [0, 0.05) is 0 Å². The molecule has 0 aliphatic rings. The van der Waals surface area contributed by atoms with E-state index in [1.54, 1.807) is 18.2 Å². The van der Waals surface area contributed by atoms with Gasteiger partial charge in [0.15, 0.2) is 6.61 Å². The Morgan fingerprint density at radius 1 is 1.06 bits per heavy atom. The number of hydrazine groups is 1. The zero-order chi connectivity index (χ0) is 22.9. The Kier molecular flexibility index (Phi) is 9.35. The van der Waals surface area contributed by atoms with Crippen LogP contribution in [0.5, 0.6) is 5.75 Å². The van der Waals surface area contributed by atoms with E-state index >= 15 is 0 Å². The SMILES string of the molecule is CSCCC(NS(=O)(=O)c1ccccc1)C(=O)NNC(=O)COc1cc(C)ccc1C. The number of hydrogen-bond acceptors (Lipinski definition) is 6. The lowest BCUT2D eigenvalue weighted by molar-refractivity contribution is -0.130. The van der Waals surface area contributed by atoms with Gasteiger partial charge in [0.25, 0.3) is 11.8 Å². The Labute approximate surface area is 187 Å². The monoisotopic (exact) mass is 465 g/mol. The largest absolute Gasteiger partial charge is 0.483 e. The van der Waals surface area contributed by atoms with Crippen LogP contribution in [-0.4, -0.2) is 44.9 Å². The van der Waals surface area contributed by atoms with Crippen molar-refractivity contribution < 1.29 is 22.7 Å². The van der Waals surface area contributed by atoms with E-state index in [2.05, 4.69) is 15.6 Å². The molecule has 0 fully saturated rings. The molecular formula is C21H27N3O5S2. The number of hydrogen-bond donors (Lipinski definition) is 3. The molecule has 2 aromatic carbocycles. The second-order valence-electron chi connectivity index (χ2n) is 6.86. The molecule has 10 heteroatoms. The molecule has 0 bridgehead atoms. The first kappa shape index (κ1) is 24.7. The third kappa shape index (κ3) is 7.89. The fourth-order valence-electron chi connectivity index (χ4n) is 2.59. The molecule has 0 saturated heterocycles. The topological polar surface area (TPSA) is 114 Å². The van der Waals surface area contributed by atoms with Crippen LogP contribution in [0.1, 0.15) is 17.5 Å². The maximum absolute atomic E-state index is 12.6. The molecule has 0 aliphatic heterocycles. The first-order chi connectivity index (χ1) is 14.7. The molecule has 2 aromatic rings. The number of carbonyl (C=O) groups excluding carboxylic acids is 2. The average Bonchev–Trinajstić information content (AvgIpc) is 2.76. The molecule has 0 aliphatic carbocycles. The maximum atomic E-state index is 12.6. The summed E-state index contributed by atoms with van der Waals surface area (Å²) in [5, 5.41) is 0. The molecule has 0 heterocycles. The molecule has 168 valence electrons. The lowest BCUT2D eigenvalue weighted by Gasteiger charge is -2.18. The summed E-state index contributed by atoms with van der Waals surface area (Å²) in [6, 6.07) is 12.4. The van der Waals surface area contributed by atoms with Crippen LogP contribution in [-0.2, 0) is 19.6 Å². The van der Waals surface area contributed by atoms with Gasteiger partial charge in [-0.05, 0) is 61.6 Å². The molecule has 2 rings (SSSR count). The van der Waals surface area contributed by atoms with Crippen molar-refractivity contribution in [3.63, 3.8) is 0 Å². The third-order valence-electron chi connectivity index (χ3n) is 4.31.